The minimum absolute atomic E-state index is 0.117. The SMILES string of the molecule is O=C(O)c1ccc2c(-c3ccccc3Cl)nn(-c3ccc(F)cn3)c2c1. The number of carboxylic acid groups (broad SMARTS) is 1. The van der Waals surface area contributed by atoms with Crippen molar-refractivity contribution in [2.75, 3.05) is 0 Å². The van der Waals surface area contributed by atoms with Crippen molar-refractivity contribution >= 4 is 28.5 Å². The van der Waals surface area contributed by atoms with Crippen LogP contribution in [0.5, 0.6) is 0 Å². The maximum atomic E-state index is 13.2. The Balaban J connectivity index is 2.04. The Bertz CT molecular complexity index is 1140. The zero-order valence-corrected chi connectivity index (χ0v) is 14.0. The number of fused-ring (bicyclic) bond motifs is 1. The highest BCUT2D eigenvalue weighted by Gasteiger charge is 2.18. The molecule has 0 bridgehead atoms. The summed E-state index contributed by atoms with van der Waals surface area (Å²) in [6.45, 7) is 0. The molecule has 4 rings (SSSR count). The Morgan fingerprint density at radius 1 is 1.12 bits per heavy atom. The van der Waals surface area contributed by atoms with E-state index < -0.39 is 11.8 Å². The van der Waals surface area contributed by atoms with E-state index in [0.29, 0.717) is 33.0 Å². The first kappa shape index (κ1) is 16.2. The van der Waals surface area contributed by atoms with Gasteiger partial charge in [0.25, 0.3) is 0 Å². The van der Waals surface area contributed by atoms with Gasteiger partial charge in [0.1, 0.15) is 11.5 Å². The van der Waals surface area contributed by atoms with E-state index in [1.165, 1.54) is 28.9 Å². The molecule has 0 atom stereocenters. The lowest BCUT2D eigenvalue weighted by Crippen LogP contribution is -2.01. The monoisotopic (exact) mass is 367 g/mol. The third kappa shape index (κ3) is 2.70. The maximum absolute atomic E-state index is 13.2. The Morgan fingerprint density at radius 3 is 2.62 bits per heavy atom. The molecule has 4 aromatic rings. The number of nitrogens with zero attached hydrogens (tertiary/aromatic N) is 3. The van der Waals surface area contributed by atoms with Crippen LogP contribution in [0.15, 0.2) is 60.8 Å². The number of pyridine rings is 1. The van der Waals surface area contributed by atoms with Crippen LogP contribution in [-0.2, 0) is 0 Å². The summed E-state index contributed by atoms with van der Waals surface area (Å²) >= 11 is 6.31. The summed E-state index contributed by atoms with van der Waals surface area (Å²) in [7, 11) is 0. The molecule has 0 unspecified atom stereocenters. The highest BCUT2D eigenvalue weighted by atomic mass is 35.5. The summed E-state index contributed by atoms with van der Waals surface area (Å²) in [4.78, 5) is 15.4. The Hall–Kier alpha value is -3.25. The molecule has 0 aliphatic rings. The predicted molar refractivity (Wildman–Crippen MR) is 96.2 cm³/mol. The van der Waals surface area contributed by atoms with Crippen molar-refractivity contribution in [3.05, 3.63) is 77.2 Å². The second-order valence-electron chi connectivity index (χ2n) is 5.61. The molecule has 0 saturated heterocycles. The van der Waals surface area contributed by atoms with Crippen LogP contribution >= 0.6 is 11.6 Å². The van der Waals surface area contributed by atoms with Crippen LogP contribution < -0.4 is 0 Å². The van der Waals surface area contributed by atoms with E-state index in [0.717, 1.165) is 6.20 Å². The van der Waals surface area contributed by atoms with Crippen LogP contribution in [-0.4, -0.2) is 25.8 Å². The van der Waals surface area contributed by atoms with Gasteiger partial charge in [0.2, 0.25) is 0 Å². The van der Waals surface area contributed by atoms with Crippen LogP contribution in [0.1, 0.15) is 10.4 Å². The molecule has 2 aromatic carbocycles. The van der Waals surface area contributed by atoms with Crippen LogP contribution in [0.2, 0.25) is 5.02 Å². The fraction of sp³-hybridized carbons (Fsp3) is 0. The molecule has 26 heavy (non-hydrogen) atoms. The number of hydrogen-bond acceptors (Lipinski definition) is 3. The number of halogens is 2. The number of aromatic carboxylic acids is 1. The normalized spacial score (nSPS) is 11.0. The van der Waals surface area contributed by atoms with Gasteiger partial charge in [-0.25, -0.2) is 18.9 Å². The molecule has 0 amide bonds. The van der Waals surface area contributed by atoms with Crippen molar-refractivity contribution in [3.8, 4) is 17.1 Å². The average Bonchev–Trinajstić information content (AvgIpc) is 3.01. The van der Waals surface area contributed by atoms with Gasteiger partial charge in [-0.15, -0.1) is 0 Å². The van der Waals surface area contributed by atoms with Crippen molar-refractivity contribution in [2.45, 2.75) is 0 Å². The minimum atomic E-state index is -1.05. The van der Waals surface area contributed by atoms with Crippen molar-refractivity contribution in [3.63, 3.8) is 0 Å². The summed E-state index contributed by atoms with van der Waals surface area (Å²) in [5.74, 6) is -1.15. The molecule has 2 heterocycles. The fourth-order valence-corrected chi connectivity index (χ4v) is 2.99. The predicted octanol–water partition coefficient (Wildman–Crippen LogP) is 4.58. The number of aromatic nitrogens is 3. The second kappa shape index (κ2) is 6.24. The van der Waals surface area contributed by atoms with Gasteiger partial charge in [0.05, 0.1) is 22.3 Å². The van der Waals surface area contributed by atoms with Gasteiger partial charge < -0.3 is 5.11 Å². The Kier molecular flexibility index (Phi) is 3.89. The summed E-state index contributed by atoms with van der Waals surface area (Å²) < 4.78 is 14.7. The molecular formula is C19H11ClFN3O2. The molecule has 2 aromatic heterocycles. The van der Waals surface area contributed by atoms with Crippen molar-refractivity contribution in [2.24, 2.45) is 0 Å². The van der Waals surface area contributed by atoms with Crippen LogP contribution in [0.3, 0.4) is 0 Å². The number of rotatable bonds is 3. The lowest BCUT2D eigenvalue weighted by Gasteiger charge is -2.02. The lowest BCUT2D eigenvalue weighted by molar-refractivity contribution is 0.0697. The van der Waals surface area contributed by atoms with E-state index in [-0.39, 0.29) is 5.56 Å². The van der Waals surface area contributed by atoms with Gasteiger partial charge in [0.15, 0.2) is 5.82 Å². The van der Waals surface area contributed by atoms with Crippen LogP contribution in [0.4, 0.5) is 4.39 Å². The maximum Gasteiger partial charge on any atom is 0.335 e. The molecule has 7 heteroatoms. The van der Waals surface area contributed by atoms with Gasteiger partial charge >= 0.3 is 5.97 Å². The van der Waals surface area contributed by atoms with Gasteiger partial charge in [-0.3, -0.25) is 0 Å². The molecule has 1 N–H and O–H groups in total. The summed E-state index contributed by atoms with van der Waals surface area (Å²) in [6, 6.07) is 14.7. The van der Waals surface area contributed by atoms with E-state index in [1.807, 2.05) is 18.2 Å². The first-order valence-corrected chi connectivity index (χ1v) is 8.05. The summed E-state index contributed by atoms with van der Waals surface area (Å²) in [6.07, 6.45) is 1.08. The van der Waals surface area contributed by atoms with E-state index in [1.54, 1.807) is 12.1 Å². The number of hydrogen-bond donors (Lipinski definition) is 1. The molecule has 5 nitrogen and oxygen atoms in total. The van der Waals surface area contributed by atoms with Crippen molar-refractivity contribution in [1.82, 2.24) is 14.8 Å². The summed E-state index contributed by atoms with van der Waals surface area (Å²) in [5, 5.41) is 15.1. The smallest absolute Gasteiger partial charge is 0.335 e. The third-order valence-electron chi connectivity index (χ3n) is 3.99. The second-order valence-corrected chi connectivity index (χ2v) is 6.02. The Morgan fingerprint density at radius 2 is 1.92 bits per heavy atom. The molecule has 128 valence electrons. The highest BCUT2D eigenvalue weighted by Crippen LogP contribution is 2.34. The number of carbonyl (C=O) groups is 1. The van der Waals surface area contributed by atoms with E-state index in [4.69, 9.17) is 11.6 Å². The van der Waals surface area contributed by atoms with Crippen molar-refractivity contribution < 1.29 is 14.3 Å². The first-order chi connectivity index (χ1) is 12.5. The number of benzene rings is 2. The number of carboxylic acids is 1. The zero-order valence-electron chi connectivity index (χ0n) is 13.2. The Labute approximate surface area is 152 Å². The average molecular weight is 368 g/mol. The minimum Gasteiger partial charge on any atom is -0.478 e. The standard InChI is InChI=1S/C19H11ClFN3O2/c20-15-4-2-1-3-13(15)18-14-7-5-11(19(25)26)9-16(14)24(23-18)17-8-6-12(21)10-22-17/h1-10H,(H,25,26). The largest absolute Gasteiger partial charge is 0.478 e. The van der Waals surface area contributed by atoms with Gasteiger partial charge in [-0.2, -0.15) is 5.10 Å². The molecule has 0 radical (unpaired) electrons. The molecular weight excluding hydrogens is 357 g/mol. The molecule has 0 fully saturated rings. The topological polar surface area (TPSA) is 68.0 Å². The first-order valence-electron chi connectivity index (χ1n) is 7.67. The zero-order chi connectivity index (χ0) is 18.3. The lowest BCUT2D eigenvalue weighted by atomic mass is 10.1. The van der Waals surface area contributed by atoms with E-state index in [2.05, 4.69) is 10.1 Å². The van der Waals surface area contributed by atoms with Crippen molar-refractivity contribution in [1.29, 1.82) is 0 Å². The molecule has 0 aliphatic heterocycles. The van der Waals surface area contributed by atoms with Crippen LogP contribution in [0, 0.1) is 5.82 Å². The molecule has 0 saturated carbocycles. The molecule has 0 aliphatic carbocycles. The van der Waals surface area contributed by atoms with Crippen LogP contribution in [0.25, 0.3) is 28.0 Å². The quantitative estimate of drug-likeness (QED) is 0.575. The van der Waals surface area contributed by atoms with Gasteiger partial charge in [-0.1, -0.05) is 29.8 Å². The summed E-state index contributed by atoms with van der Waals surface area (Å²) in [5.41, 5.74) is 1.96. The van der Waals surface area contributed by atoms with Gasteiger partial charge in [0, 0.05) is 10.9 Å². The fourth-order valence-electron chi connectivity index (χ4n) is 2.77. The highest BCUT2D eigenvalue weighted by molar-refractivity contribution is 6.33. The van der Waals surface area contributed by atoms with E-state index >= 15 is 0 Å². The molecule has 0 spiro atoms. The van der Waals surface area contributed by atoms with Gasteiger partial charge in [-0.05, 0) is 36.4 Å². The van der Waals surface area contributed by atoms with E-state index in [9.17, 15) is 14.3 Å². The third-order valence-corrected chi connectivity index (χ3v) is 4.32.